The molecule has 0 bridgehead atoms. The van der Waals surface area contributed by atoms with Gasteiger partial charge in [-0.15, -0.1) is 0 Å². The van der Waals surface area contributed by atoms with Crippen molar-refractivity contribution in [3.63, 3.8) is 0 Å². The fourth-order valence-electron chi connectivity index (χ4n) is 1.77. The van der Waals surface area contributed by atoms with Crippen LogP contribution in [0.25, 0.3) is 0 Å². The number of halogens is 3. The first-order valence-corrected chi connectivity index (χ1v) is 8.35. The van der Waals surface area contributed by atoms with Gasteiger partial charge in [-0.25, -0.2) is 17.2 Å². The van der Waals surface area contributed by atoms with Gasteiger partial charge in [0.15, 0.2) is 11.6 Å². The molecule has 2 rings (SSSR count). The lowest BCUT2D eigenvalue weighted by atomic mass is 10.2. The van der Waals surface area contributed by atoms with Crippen LogP contribution in [0, 0.1) is 18.6 Å². The number of hydrogen-bond donors (Lipinski definition) is 1. The minimum absolute atomic E-state index is 0.0209. The molecule has 0 amide bonds. The molecule has 0 saturated heterocycles. The lowest BCUT2D eigenvalue weighted by Crippen LogP contribution is -2.15. The zero-order valence-electron chi connectivity index (χ0n) is 11.7. The summed E-state index contributed by atoms with van der Waals surface area (Å²) in [6, 6.07) is 6.78. The number of nitrogens with one attached hydrogen (secondary N) is 1. The number of sulfonamides is 1. The molecule has 0 aliphatic carbocycles. The number of anilines is 1. The van der Waals surface area contributed by atoms with E-state index in [2.05, 4.69) is 20.7 Å². The maximum absolute atomic E-state index is 13.5. The Hall–Kier alpha value is -1.67. The van der Waals surface area contributed by atoms with E-state index in [9.17, 15) is 17.2 Å². The maximum Gasteiger partial charge on any atom is 0.263 e. The molecule has 0 aromatic heterocycles. The second kappa shape index (κ2) is 6.21. The molecular formula is C14H12BrF2NO3S. The number of benzene rings is 2. The smallest absolute Gasteiger partial charge is 0.263 e. The van der Waals surface area contributed by atoms with Crippen LogP contribution >= 0.6 is 15.9 Å². The van der Waals surface area contributed by atoms with E-state index in [0.29, 0.717) is 11.8 Å². The summed E-state index contributed by atoms with van der Waals surface area (Å²) in [4.78, 5) is -0.375. The molecule has 0 radical (unpaired) electrons. The van der Waals surface area contributed by atoms with Gasteiger partial charge in [-0.1, -0.05) is 0 Å². The van der Waals surface area contributed by atoms with Gasteiger partial charge in [0.05, 0.1) is 7.11 Å². The first kappa shape index (κ1) is 16.7. The van der Waals surface area contributed by atoms with E-state index in [-0.39, 0.29) is 20.6 Å². The SMILES string of the molecule is COc1ccc(NS(=O)(=O)c2cc(F)c(F)c(C)c2Br)cc1. The Labute approximate surface area is 135 Å². The Kier molecular flexibility index (Phi) is 4.72. The zero-order valence-corrected chi connectivity index (χ0v) is 14.1. The van der Waals surface area contributed by atoms with Crippen molar-refractivity contribution in [2.45, 2.75) is 11.8 Å². The number of rotatable bonds is 4. The molecule has 2 aromatic carbocycles. The number of ether oxygens (including phenoxy) is 1. The quantitative estimate of drug-likeness (QED) is 0.805. The molecule has 118 valence electrons. The van der Waals surface area contributed by atoms with Crippen LogP contribution in [-0.2, 0) is 10.0 Å². The van der Waals surface area contributed by atoms with E-state index >= 15 is 0 Å². The molecule has 1 N–H and O–H groups in total. The van der Waals surface area contributed by atoms with Crippen molar-refractivity contribution in [2.24, 2.45) is 0 Å². The molecule has 0 heterocycles. The van der Waals surface area contributed by atoms with Crippen molar-refractivity contribution >= 4 is 31.6 Å². The second-order valence-corrected chi connectivity index (χ2v) is 6.89. The standard InChI is InChI=1S/C14H12BrF2NO3S/c1-8-13(15)12(7-11(16)14(8)17)22(19,20)18-9-3-5-10(21-2)6-4-9/h3-7,18H,1-2H3. The van der Waals surface area contributed by atoms with E-state index in [4.69, 9.17) is 4.74 Å². The van der Waals surface area contributed by atoms with Crippen LogP contribution in [0.3, 0.4) is 0 Å². The van der Waals surface area contributed by atoms with Gasteiger partial charge < -0.3 is 4.74 Å². The van der Waals surface area contributed by atoms with Crippen LogP contribution < -0.4 is 9.46 Å². The van der Waals surface area contributed by atoms with Gasteiger partial charge in [0.25, 0.3) is 10.0 Å². The average molecular weight is 392 g/mol. The molecule has 0 fully saturated rings. The highest BCUT2D eigenvalue weighted by Crippen LogP contribution is 2.30. The molecule has 0 aliphatic heterocycles. The highest BCUT2D eigenvalue weighted by molar-refractivity contribution is 9.10. The van der Waals surface area contributed by atoms with E-state index in [1.54, 1.807) is 12.1 Å². The molecule has 0 aliphatic rings. The van der Waals surface area contributed by atoms with Gasteiger partial charge in [0.2, 0.25) is 0 Å². The summed E-state index contributed by atoms with van der Waals surface area (Å²) in [6.07, 6.45) is 0. The highest BCUT2D eigenvalue weighted by atomic mass is 79.9. The van der Waals surface area contributed by atoms with Crippen molar-refractivity contribution in [3.8, 4) is 5.75 Å². The Morgan fingerprint density at radius 1 is 1.18 bits per heavy atom. The Bertz CT molecular complexity index is 808. The van der Waals surface area contributed by atoms with Crippen LogP contribution in [0.15, 0.2) is 39.7 Å². The third-order valence-electron chi connectivity index (χ3n) is 2.97. The third kappa shape index (κ3) is 3.22. The summed E-state index contributed by atoms with van der Waals surface area (Å²) in [5.74, 6) is -1.75. The van der Waals surface area contributed by atoms with E-state index in [1.165, 1.54) is 26.2 Å². The fourth-order valence-corrected chi connectivity index (χ4v) is 3.90. The van der Waals surface area contributed by atoms with Crippen LogP contribution in [0.1, 0.15) is 5.56 Å². The van der Waals surface area contributed by atoms with Crippen LogP contribution in [0.4, 0.5) is 14.5 Å². The summed E-state index contributed by atoms with van der Waals surface area (Å²) >= 11 is 2.99. The Morgan fingerprint density at radius 3 is 2.32 bits per heavy atom. The summed E-state index contributed by atoms with van der Waals surface area (Å²) in [7, 11) is -2.58. The highest BCUT2D eigenvalue weighted by Gasteiger charge is 2.23. The van der Waals surface area contributed by atoms with Crippen LogP contribution in [0.2, 0.25) is 0 Å². The monoisotopic (exact) mass is 391 g/mol. The summed E-state index contributed by atoms with van der Waals surface area (Å²) < 4.78 is 58.8. The minimum Gasteiger partial charge on any atom is -0.497 e. The van der Waals surface area contributed by atoms with E-state index in [1.807, 2.05) is 0 Å². The fraction of sp³-hybridized carbons (Fsp3) is 0.143. The van der Waals surface area contributed by atoms with Gasteiger partial charge in [-0.2, -0.15) is 0 Å². The minimum atomic E-state index is -4.07. The van der Waals surface area contributed by atoms with Crippen molar-refractivity contribution in [3.05, 3.63) is 52.0 Å². The molecule has 2 aromatic rings. The summed E-state index contributed by atoms with van der Waals surface area (Å²) in [6.45, 7) is 1.29. The lowest BCUT2D eigenvalue weighted by molar-refractivity contribution is 0.415. The van der Waals surface area contributed by atoms with E-state index in [0.717, 1.165) is 0 Å². The largest absolute Gasteiger partial charge is 0.497 e. The predicted molar refractivity (Wildman–Crippen MR) is 82.6 cm³/mol. The van der Waals surface area contributed by atoms with Crippen molar-refractivity contribution in [1.82, 2.24) is 0 Å². The zero-order chi connectivity index (χ0) is 16.5. The Balaban J connectivity index is 2.42. The van der Waals surface area contributed by atoms with Gasteiger partial charge in [-0.05, 0) is 53.2 Å². The van der Waals surface area contributed by atoms with Crippen LogP contribution in [-0.4, -0.2) is 15.5 Å². The van der Waals surface area contributed by atoms with Crippen molar-refractivity contribution in [2.75, 3.05) is 11.8 Å². The van der Waals surface area contributed by atoms with Gasteiger partial charge in [0.1, 0.15) is 10.6 Å². The normalized spacial score (nSPS) is 11.3. The molecule has 0 atom stereocenters. The average Bonchev–Trinajstić information content (AvgIpc) is 2.49. The van der Waals surface area contributed by atoms with Crippen molar-refractivity contribution < 1.29 is 21.9 Å². The predicted octanol–water partition coefficient (Wildman–Crippen LogP) is 3.85. The second-order valence-electron chi connectivity index (χ2n) is 4.44. The van der Waals surface area contributed by atoms with Gasteiger partial charge in [0, 0.05) is 15.7 Å². The first-order chi connectivity index (χ1) is 10.3. The molecule has 0 unspecified atom stereocenters. The number of hydrogen-bond acceptors (Lipinski definition) is 3. The summed E-state index contributed by atoms with van der Waals surface area (Å²) in [5.41, 5.74) is 0.158. The molecule has 0 saturated carbocycles. The third-order valence-corrected chi connectivity index (χ3v) is 5.66. The lowest BCUT2D eigenvalue weighted by Gasteiger charge is -2.12. The topological polar surface area (TPSA) is 55.4 Å². The number of methoxy groups -OCH3 is 1. The van der Waals surface area contributed by atoms with Crippen LogP contribution in [0.5, 0.6) is 5.75 Å². The maximum atomic E-state index is 13.5. The molecular weight excluding hydrogens is 380 g/mol. The molecule has 8 heteroatoms. The molecule has 0 spiro atoms. The first-order valence-electron chi connectivity index (χ1n) is 6.07. The van der Waals surface area contributed by atoms with Crippen molar-refractivity contribution in [1.29, 1.82) is 0 Å². The van der Waals surface area contributed by atoms with Gasteiger partial charge >= 0.3 is 0 Å². The van der Waals surface area contributed by atoms with E-state index < -0.39 is 21.7 Å². The summed E-state index contributed by atoms with van der Waals surface area (Å²) in [5, 5.41) is 0. The molecule has 4 nitrogen and oxygen atoms in total. The van der Waals surface area contributed by atoms with Gasteiger partial charge in [-0.3, -0.25) is 4.72 Å². The molecule has 22 heavy (non-hydrogen) atoms. The Morgan fingerprint density at radius 2 is 1.77 bits per heavy atom.